The Kier molecular flexibility index (Phi) is 4.14. The zero-order valence-electron chi connectivity index (χ0n) is 10.0. The van der Waals surface area contributed by atoms with Gasteiger partial charge in [0.05, 0.1) is 0 Å². The van der Waals surface area contributed by atoms with Gasteiger partial charge >= 0.3 is 5.97 Å². The molecule has 0 bridgehead atoms. The molecule has 0 aliphatic heterocycles. The molecule has 0 atom stereocenters. The third-order valence-corrected chi connectivity index (χ3v) is 3.52. The van der Waals surface area contributed by atoms with E-state index in [0.29, 0.717) is 6.04 Å². The molecule has 1 aliphatic carbocycles. The van der Waals surface area contributed by atoms with Gasteiger partial charge in [0.25, 0.3) is 0 Å². The van der Waals surface area contributed by atoms with Gasteiger partial charge in [0, 0.05) is 6.04 Å². The number of aliphatic carboxylic acids is 1. The van der Waals surface area contributed by atoms with Crippen molar-refractivity contribution in [2.24, 2.45) is 5.92 Å². The molecule has 1 aliphatic rings. The first-order valence-electron chi connectivity index (χ1n) is 5.96. The molecule has 0 unspecified atom stereocenters. The maximum atomic E-state index is 11.0. The highest BCUT2D eigenvalue weighted by molar-refractivity contribution is 5.77. The monoisotopic (exact) mass is 213 g/mol. The lowest BCUT2D eigenvalue weighted by Gasteiger charge is -2.33. The predicted molar refractivity (Wildman–Crippen MR) is 60.9 cm³/mol. The summed E-state index contributed by atoms with van der Waals surface area (Å²) in [6.07, 6.45) is 5.98. The predicted octanol–water partition coefficient (Wildman–Crippen LogP) is 2.41. The molecule has 0 spiro atoms. The summed E-state index contributed by atoms with van der Waals surface area (Å²) in [6, 6.07) is 0.388. The molecule has 0 saturated heterocycles. The number of carboxylic acid groups (broad SMARTS) is 1. The Balaban J connectivity index is 2.38. The van der Waals surface area contributed by atoms with Gasteiger partial charge in [-0.25, -0.2) is 0 Å². The fourth-order valence-electron chi connectivity index (χ4n) is 2.29. The molecule has 1 rings (SSSR count). The molecule has 88 valence electrons. The van der Waals surface area contributed by atoms with E-state index >= 15 is 0 Å². The van der Waals surface area contributed by atoms with Crippen molar-refractivity contribution in [3.8, 4) is 0 Å². The Hall–Kier alpha value is -0.570. The van der Waals surface area contributed by atoms with Crippen LogP contribution in [-0.2, 0) is 4.79 Å². The van der Waals surface area contributed by atoms with Gasteiger partial charge in [-0.1, -0.05) is 13.3 Å². The van der Waals surface area contributed by atoms with Crippen molar-refractivity contribution in [2.75, 3.05) is 0 Å². The molecule has 1 fully saturated rings. The number of carbonyl (C=O) groups is 1. The lowest BCUT2D eigenvalue weighted by molar-refractivity contribution is -0.143. The standard InChI is InChI=1S/C12H23NO2/c1-4-9-5-7-10(8-6-9)13-12(2,3)11(14)15/h9-10,13H,4-8H2,1-3H3,(H,14,15). The van der Waals surface area contributed by atoms with Gasteiger partial charge in [-0.05, 0) is 45.4 Å². The first kappa shape index (κ1) is 12.5. The SMILES string of the molecule is CCC1CCC(NC(C)(C)C(=O)O)CC1. The minimum absolute atomic E-state index is 0.388. The summed E-state index contributed by atoms with van der Waals surface area (Å²) in [7, 11) is 0. The Morgan fingerprint density at radius 2 is 1.87 bits per heavy atom. The quantitative estimate of drug-likeness (QED) is 0.754. The minimum atomic E-state index is -0.788. The molecule has 15 heavy (non-hydrogen) atoms. The van der Waals surface area contributed by atoms with Crippen molar-refractivity contribution in [2.45, 2.75) is 64.5 Å². The number of nitrogens with one attached hydrogen (secondary N) is 1. The molecule has 2 N–H and O–H groups in total. The molecular formula is C12H23NO2. The second-order valence-corrected chi connectivity index (χ2v) is 5.20. The largest absolute Gasteiger partial charge is 0.480 e. The normalized spacial score (nSPS) is 27.7. The molecule has 0 aromatic rings. The summed E-state index contributed by atoms with van der Waals surface area (Å²) in [5.41, 5.74) is -0.788. The maximum Gasteiger partial charge on any atom is 0.323 e. The van der Waals surface area contributed by atoms with Gasteiger partial charge in [-0.3, -0.25) is 10.1 Å². The molecule has 0 heterocycles. The molecular weight excluding hydrogens is 190 g/mol. The fourth-order valence-corrected chi connectivity index (χ4v) is 2.29. The summed E-state index contributed by atoms with van der Waals surface area (Å²) >= 11 is 0. The van der Waals surface area contributed by atoms with Crippen LogP contribution in [0, 0.1) is 5.92 Å². The van der Waals surface area contributed by atoms with Crippen LogP contribution in [0.1, 0.15) is 52.9 Å². The van der Waals surface area contributed by atoms with Gasteiger partial charge in [-0.2, -0.15) is 0 Å². The van der Waals surface area contributed by atoms with E-state index in [1.807, 2.05) is 0 Å². The van der Waals surface area contributed by atoms with Gasteiger partial charge < -0.3 is 5.11 Å². The van der Waals surface area contributed by atoms with Crippen LogP contribution in [0.4, 0.5) is 0 Å². The highest BCUT2D eigenvalue weighted by atomic mass is 16.4. The molecule has 0 radical (unpaired) electrons. The summed E-state index contributed by atoms with van der Waals surface area (Å²) in [4.78, 5) is 11.0. The fraction of sp³-hybridized carbons (Fsp3) is 0.917. The Bertz CT molecular complexity index is 218. The van der Waals surface area contributed by atoms with Crippen molar-refractivity contribution < 1.29 is 9.90 Å². The smallest absolute Gasteiger partial charge is 0.323 e. The second kappa shape index (κ2) is 4.97. The van der Waals surface area contributed by atoms with Crippen LogP contribution in [0.3, 0.4) is 0 Å². The molecule has 0 amide bonds. The zero-order valence-corrected chi connectivity index (χ0v) is 10.0. The van der Waals surface area contributed by atoms with Crippen molar-refractivity contribution in [1.29, 1.82) is 0 Å². The molecule has 3 nitrogen and oxygen atoms in total. The van der Waals surface area contributed by atoms with E-state index < -0.39 is 11.5 Å². The Morgan fingerprint density at radius 3 is 2.27 bits per heavy atom. The van der Waals surface area contributed by atoms with E-state index in [0.717, 1.165) is 18.8 Å². The van der Waals surface area contributed by atoms with Crippen LogP contribution in [0.15, 0.2) is 0 Å². The highest BCUT2D eigenvalue weighted by Gasteiger charge is 2.31. The van der Waals surface area contributed by atoms with E-state index in [1.54, 1.807) is 13.8 Å². The van der Waals surface area contributed by atoms with E-state index in [-0.39, 0.29) is 0 Å². The molecule has 0 aromatic carbocycles. The van der Waals surface area contributed by atoms with Crippen LogP contribution < -0.4 is 5.32 Å². The minimum Gasteiger partial charge on any atom is -0.480 e. The number of rotatable bonds is 4. The number of hydrogen-bond acceptors (Lipinski definition) is 2. The van der Waals surface area contributed by atoms with Crippen molar-refractivity contribution >= 4 is 5.97 Å². The second-order valence-electron chi connectivity index (χ2n) is 5.20. The lowest BCUT2D eigenvalue weighted by Crippen LogP contribution is -2.52. The van der Waals surface area contributed by atoms with Crippen LogP contribution >= 0.6 is 0 Å². The van der Waals surface area contributed by atoms with Crippen LogP contribution in [0.5, 0.6) is 0 Å². The number of carboxylic acids is 1. The van der Waals surface area contributed by atoms with Gasteiger partial charge in [-0.15, -0.1) is 0 Å². The van der Waals surface area contributed by atoms with Crippen LogP contribution in [-0.4, -0.2) is 22.7 Å². The highest BCUT2D eigenvalue weighted by Crippen LogP contribution is 2.27. The first-order chi connectivity index (χ1) is 6.95. The van der Waals surface area contributed by atoms with Crippen molar-refractivity contribution in [3.05, 3.63) is 0 Å². The van der Waals surface area contributed by atoms with Crippen LogP contribution in [0.2, 0.25) is 0 Å². The summed E-state index contributed by atoms with van der Waals surface area (Å²) < 4.78 is 0. The molecule has 0 aromatic heterocycles. The summed E-state index contributed by atoms with van der Waals surface area (Å²) in [5.74, 6) is 0.0936. The van der Waals surface area contributed by atoms with Gasteiger partial charge in [0.15, 0.2) is 0 Å². The topological polar surface area (TPSA) is 49.3 Å². The molecule has 3 heteroatoms. The summed E-state index contributed by atoms with van der Waals surface area (Å²) in [5, 5.41) is 12.2. The van der Waals surface area contributed by atoms with E-state index in [9.17, 15) is 4.79 Å². The number of hydrogen-bond donors (Lipinski definition) is 2. The third kappa shape index (κ3) is 3.49. The van der Waals surface area contributed by atoms with Gasteiger partial charge in [0.1, 0.15) is 5.54 Å². The Morgan fingerprint density at radius 1 is 1.33 bits per heavy atom. The lowest BCUT2D eigenvalue weighted by atomic mass is 9.83. The van der Waals surface area contributed by atoms with E-state index in [1.165, 1.54) is 19.3 Å². The van der Waals surface area contributed by atoms with E-state index in [2.05, 4.69) is 12.2 Å². The first-order valence-corrected chi connectivity index (χ1v) is 5.96. The molecule has 1 saturated carbocycles. The average molecular weight is 213 g/mol. The van der Waals surface area contributed by atoms with Crippen molar-refractivity contribution in [3.63, 3.8) is 0 Å². The maximum absolute atomic E-state index is 11.0. The van der Waals surface area contributed by atoms with Crippen molar-refractivity contribution in [1.82, 2.24) is 5.32 Å². The Labute approximate surface area is 92.3 Å². The zero-order chi connectivity index (χ0) is 11.5. The van der Waals surface area contributed by atoms with Gasteiger partial charge in [0.2, 0.25) is 0 Å². The third-order valence-electron chi connectivity index (χ3n) is 3.52. The van der Waals surface area contributed by atoms with Crippen LogP contribution in [0.25, 0.3) is 0 Å². The average Bonchev–Trinajstić information content (AvgIpc) is 2.18. The van der Waals surface area contributed by atoms with E-state index in [4.69, 9.17) is 5.11 Å². The summed E-state index contributed by atoms with van der Waals surface area (Å²) in [6.45, 7) is 5.71.